The fraction of sp³-hybridized carbons (Fsp3) is 0.467. The average Bonchev–Trinajstić information content (AvgIpc) is 4.00. The smallest absolute Gasteiger partial charge is 1.00 e. The van der Waals surface area contributed by atoms with Gasteiger partial charge in [-0.05, 0) is 103 Å². The van der Waals surface area contributed by atoms with Crippen LogP contribution in [0, 0.1) is 0 Å². The van der Waals surface area contributed by atoms with E-state index in [1.807, 2.05) is 47.6 Å². The van der Waals surface area contributed by atoms with E-state index in [9.17, 15) is 33.2 Å². The van der Waals surface area contributed by atoms with Gasteiger partial charge in [0.15, 0.2) is 0 Å². The number of amides is 6. The zero-order valence-corrected chi connectivity index (χ0v) is 42.0. The third-order valence-electron chi connectivity index (χ3n) is 10.1. The predicted molar refractivity (Wildman–Crippen MR) is 246 cm³/mol. The number of hydrogen-bond acceptors (Lipinski definition) is 10. The number of nitrogens with zero attached hydrogens (tertiary/aromatic N) is 7. The van der Waals surface area contributed by atoms with Gasteiger partial charge in [0.1, 0.15) is 17.5 Å². The summed E-state index contributed by atoms with van der Waals surface area (Å²) in [5, 5.41) is -0.453. The minimum Gasteiger partial charge on any atom is -1.00 e. The molecule has 2 aliphatic heterocycles. The quantitative estimate of drug-likeness (QED) is 0.139. The van der Waals surface area contributed by atoms with E-state index in [1.165, 1.54) is 15.8 Å². The minimum atomic E-state index is -1.00. The van der Waals surface area contributed by atoms with Crippen molar-refractivity contribution in [2.45, 2.75) is 90.5 Å². The Kier molecular flexibility index (Phi) is 21.6. The standard InChI is InChI=1S/C22H29N5O4.C12H21ClN2O3.C10H9N3O.CH3F.Na.H/c1-22(2,3)31-21(30)26-10-8-17(9-11-26)25(4)20(29)27-13-18(24-14-27)15-6-5-7-16(12-15)19(23)28;1-12(2,3)18-11(17)15-7-5-9(6-8-15)14(4)10(13)16;11-10(14)8-3-1-2-7(4-8)9-5-12-6-13-9;1-2;;/h5-7,12-14,17H,8-11H2,1-4H3,(H2,23,28);9H,5-8H2,1-4H3;1-6H,(H2,11,14)(H,12,13);1H3;;/q;;;;+1;-1/i;;;1D;;. The van der Waals surface area contributed by atoms with Gasteiger partial charge in [-0.3, -0.25) is 23.3 Å². The molecule has 0 bridgehead atoms. The summed E-state index contributed by atoms with van der Waals surface area (Å²) in [5.74, 6) is -0.943. The van der Waals surface area contributed by atoms with Crippen molar-refractivity contribution in [2.75, 3.05) is 47.4 Å². The first kappa shape index (κ1) is 54.8. The van der Waals surface area contributed by atoms with Gasteiger partial charge in [-0.25, -0.2) is 24.4 Å². The molecule has 6 rings (SSSR count). The molecule has 4 heterocycles. The molecule has 0 atom stereocenters. The largest absolute Gasteiger partial charge is 1.00 e. The fourth-order valence-corrected chi connectivity index (χ4v) is 6.81. The van der Waals surface area contributed by atoms with E-state index < -0.39 is 35.5 Å². The summed E-state index contributed by atoms with van der Waals surface area (Å²) in [5.41, 5.74) is 13.4. The Labute approximate surface area is 415 Å². The predicted octanol–water partition coefficient (Wildman–Crippen LogP) is 4.50. The van der Waals surface area contributed by atoms with Gasteiger partial charge < -0.3 is 47.0 Å². The Morgan fingerprint density at radius 2 is 1.24 bits per heavy atom. The van der Waals surface area contributed by atoms with Crippen LogP contribution < -0.4 is 41.0 Å². The zero-order chi connectivity index (χ0) is 49.4. The summed E-state index contributed by atoms with van der Waals surface area (Å²) in [6, 6.07) is 13.8. The zero-order valence-electron chi connectivity index (χ0n) is 41.3. The first-order chi connectivity index (χ1) is 30.9. The summed E-state index contributed by atoms with van der Waals surface area (Å²) in [6.07, 6.45) is 8.57. The number of rotatable bonds is 6. The number of primary amides is 2. The van der Waals surface area contributed by atoms with Crippen LogP contribution in [0.5, 0.6) is 0 Å². The molecule has 0 unspecified atom stereocenters. The molecule has 66 heavy (non-hydrogen) atoms. The van der Waals surface area contributed by atoms with Gasteiger partial charge in [0.25, 0.3) is 0 Å². The van der Waals surface area contributed by atoms with Crippen LogP contribution in [-0.4, -0.2) is 145 Å². The Bertz CT molecular complexity index is 2250. The number of imidazole rings is 2. The molecule has 6 amide bonds. The molecule has 2 aliphatic rings. The van der Waals surface area contributed by atoms with E-state index in [0.29, 0.717) is 61.4 Å². The van der Waals surface area contributed by atoms with Gasteiger partial charge in [-0.1, -0.05) is 24.3 Å². The summed E-state index contributed by atoms with van der Waals surface area (Å²) >= 11 is 5.43. The number of alkyl halides is 1. The maximum atomic E-state index is 12.9. The van der Waals surface area contributed by atoms with E-state index in [-0.39, 0.29) is 61.3 Å². The SMILES string of the molecule is CN(C(=O)Cl)C1CCN(C(=O)OC(C)(C)C)CC1.CN(C(=O)n1cnc(-c2cccc(C(N)=O)c2)c1)C1CCN(C(=O)OC(C)(C)C)CC1.NC(=O)c1cccc(-c2cnc[nH]2)c1.[2H]CF.[H-].[Na+]. The van der Waals surface area contributed by atoms with Crippen LogP contribution in [0.4, 0.5) is 23.6 Å². The number of carbonyl (C=O) groups excluding carboxylic acids is 6. The number of hydrogen-bond donors (Lipinski definition) is 3. The summed E-state index contributed by atoms with van der Waals surface area (Å²) < 4.78 is 27.6. The van der Waals surface area contributed by atoms with Crippen LogP contribution >= 0.6 is 11.6 Å². The van der Waals surface area contributed by atoms with Crippen LogP contribution in [0.25, 0.3) is 22.5 Å². The molecule has 2 aromatic carbocycles. The molecule has 0 aliphatic carbocycles. The number of benzene rings is 2. The third-order valence-corrected chi connectivity index (χ3v) is 10.4. The molecule has 2 aromatic heterocycles. The second kappa shape index (κ2) is 26.0. The summed E-state index contributed by atoms with van der Waals surface area (Å²) in [4.78, 5) is 88.1. The van der Waals surface area contributed by atoms with Crippen LogP contribution in [0.15, 0.2) is 73.6 Å². The monoisotopic (exact) mass is 949 g/mol. The van der Waals surface area contributed by atoms with Crippen LogP contribution in [0.1, 0.15) is 90.7 Å². The number of nitrogens with one attached hydrogen (secondary N) is 1. The first-order valence-electron chi connectivity index (χ1n) is 21.5. The molecule has 18 nitrogen and oxygen atoms in total. The molecule has 4 aromatic rings. The number of likely N-dealkylation sites (tertiary alicyclic amines) is 2. The maximum Gasteiger partial charge on any atom is 1.00 e. The number of halogens is 2. The van der Waals surface area contributed by atoms with Crippen LogP contribution in [0.2, 0.25) is 0 Å². The fourth-order valence-electron chi connectivity index (χ4n) is 6.67. The van der Waals surface area contributed by atoms with Crippen LogP contribution in [0.3, 0.4) is 0 Å². The number of ether oxygens (including phenoxy) is 2. The summed E-state index contributed by atoms with van der Waals surface area (Å²) in [6.45, 7) is 13.3. The minimum absolute atomic E-state index is 0. The van der Waals surface area contributed by atoms with Crippen molar-refractivity contribution in [2.24, 2.45) is 11.5 Å². The Morgan fingerprint density at radius 3 is 1.65 bits per heavy atom. The molecule has 5 N–H and O–H groups in total. The molecule has 2 fully saturated rings. The van der Waals surface area contributed by atoms with E-state index in [4.69, 9.17) is 33.9 Å². The van der Waals surface area contributed by atoms with E-state index in [0.717, 1.165) is 24.1 Å². The molecular formula is C45H63ClFN10NaO8. The number of aromatic nitrogens is 4. The topological polar surface area (TPSA) is 232 Å². The van der Waals surface area contributed by atoms with Gasteiger partial charge in [0.05, 0.1) is 32.4 Å². The number of nitrogens with two attached hydrogens (primary N) is 2. The second-order valence-corrected chi connectivity index (χ2v) is 17.5. The second-order valence-electron chi connectivity index (χ2n) is 17.2. The number of H-pyrrole nitrogens is 1. The Hall–Kier alpha value is -5.50. The third kappa shape index (κ3) is 17.7. The van der Waals surface area contributed by atoms with Crippen LogP contribution in [-0.2, 0) is 9.47 Å². The van der Waals surface area contributed by atoms with Crippen molar-refractivity contribution in [3.8, 4) is 22.5 Å². The van der Waals surface area contributed by atoms with Gasteiger partial charge in [0.2, 0.25) is 11.8 Å². The van der Waals surface area contributed by atoms with Crippen molar-refractivity contribution in [1.82, 2.24) is 39.1 Å². The van der Waals surface area contributed by atoms with E-state index >= 15 is 0 Å². The molecule has 0 radical (unpaired) electrons. The van der Waals surface area contributed by atoms with Gasteiger partial charge in [-0.2, -0.15) is 0 Å². The average molecular weight is 951 g/mol. The Morgan fingerprint density at radius 1 is 0.803 bits per heavy atom. The number of piperidine rings is 2. The molecular weight excluding hydrogens is 886 g/mol. The first-order valence-corrected chi connectivity index (χ1v) is 21.2. The normalized spacial score (nSPS) is 14.2. The van der Waals surface area contributed by atoms with E-state index in [2.05, 4.69) is 15.0 Å². The van der Waals surface area contributed by atoms with Crippen molar-refractivity contribution < 1.29 is 75.0 Å². The van der Waals surface area contributed by atoms with Gasteiger partial charge in [-0.15, -0.1) is 0 Å². The van der Waals surface area contributed by atoms with Gasteiger partial charge in [0, 0.05) is 80.8 Å². The Balaban J connectivity index is 0.000000531. The molecule has 21 heteroatoms. The van der Waals surface area contributed by atoms with Crippen molar-refractivity contribution >= 4 is 47.0 Å². The number of aromatic amines is 1. The van der Waals surface area contributed by atoms with Crippen molar-refractivity contribution in [3.05, 3.63) is 84.7 Å². The molecule has 356 valence electrons. The molecule has 2 saturated heterocycles. The van der Waals surface area contributed by atoms with Crippen molar-refractivity contribution in [1.29, 1.82) is 0 Å². The summed E-state index contributed by atoms with van der Waals surface area (Å²) in [7, 11) is 2.44. The van der Waals surface area contributed by atoms with Gasteiger partial charge >= 0.3 is 53.1 Å². The maximum absolute atomic E-state index is 12.9. The van der Waals surface area contributed by atoms with E-state index in [1.54, 1.807) is 90.0 Å². The molecule has 0 spiro atoms. The van der Waals surface area contributed by atoms with Crippen molar-refractivity contribution in [3.63, 3.8) is 0 Å². The molecule has 0 saturated carbocycles. The number of carbonyl (C=O) groups is 6.